The first-order valence-electron chi connectivity index (χ1n) is 5.54. The Balaban J connectivity index is 1.82. The summed E-state index contributed by atoms with van der Waals surface area (Å²) in [5.74, 6) is 1.20. The highest BCUT2D eigenvalue weighted by atomic mass is 32.2. The number of nitrogens with zero attached hydrogens (tertiary/aromatic N) is 4. The number of unbranched alkanes of at least 4 members (excludes halogenated alkanes) is 1. The van der Waals surface area contributed by atoms with E-state index < -0.39 is 0 Å². The van der Waals surface area contributed by atoms with Gasteiger partial charge in [0.15, 0.2) is 5.65 Å². The van der Waals surface area contributed by atoms with Gasteiger partial charge in [-0.05, 0) is 18.6 Å². The molecule has 8 heteroatoms. The number of imidazole rings is 1. The number of rotatable bonds is 6. The normalized spacial score (nSPS) is 12.1. The number of thioether (sulfide) groups is 1. The van der Waals surface area contributed by atoms with Crippen LogP contribution in [0.2, 0.25) is 0 Å². The molecular formula is C10H14N6OS. The minimum absolute atomic E-state index is 0.276. The van der Waals surface area contributed by atoms with Crippen LogP contribution in [0.1, 0.15) is 19.3 Å². The van der Waals surface area contributed by atoms with Crippen LogP contribution in [-0.4, -0.2) is 36.7 Å². The molecule has 2 heterocycles. The SMILES string of the molecule is N/C(CCCCSc1ncnc2nc[nH]c12)=N/O. The first-order valence-corrected chi connectivity index (χ1v) is 6.53. The summed E-state index contributed by atoms with van der Waals surface area (Å²) in [5, 5.41) is 12.2. The van der Waals surface area contributed by atoms with Gasteiger partial charge in [0.25, 0.3) is 0 Å². The Hall–Kier alpha value is -1.83. The van der Waals surface area contributed by atoms with Crippen molar-refractivity contribution in [2.45, 2.75) is 24.3 Å². The summed E-state index contributed by atoms with van der Waals surface area (Å²) in [6.07, 6.45) is 5.60. The lowest BCUT2D eigenvalue weighted by Gasteiger charge is -2.01. The molecule has 18 heavy (non-hydrogen) atoms. The molecule has 0 aromatic carbocycles. The summed E-state index contributed by atoms with van der Waals surface area (Å²) >= 11 is 1.65. The fraction of sp³-hybridized carbons (Fsp3) is 0.400. The second-order valence-electron chi connectivity index (χ2n) is 3.68. The Morgan fingerprint density at radius 1 is 1.39 bits per heavy atom. The monoisotopic (exact) mass is 266 g/mol. The molecule has 7 nitrogen and oxygen atoms in total. The van der Waals surface area contributed by atoms with Gasteiger partial charge in [0.2, 0.25) is 0 Å². The summed E-state index contributed by atoms with van der Waals surface area (Å²) in [5.41, 5.74) is 6.94. The molecule has 0 amide bonds. The van der Waals surface area contributed by atoms with Crippen molar-refractivity contribution >= 4 is 28.8 Å². The number of fused-ring (bicyclic) bond motifs is 1. The average Bonchev–Trinajstić information content (AvgIpc) is 2.87. The predicted octanol–water partition coefficient (Wildman–Crippen LogP) is 1.36. The highest BCUT2D eigenvalue weighted by molar-refractivity contribution is 7.99. The van der Waals surface area contributed by atoms with Gasteiger partial charge in [0, 0.05) is 6.42 Å². The fourth-order valence-electron chi connectivity index (χ4n) is 1.48. The molecule has 0 bridgehead atoms. The molecule has 0 atom stereocenters. The maximum Gasteiger partial charge on any atom is 0.181 e. The van der Waals surface area contributed by atoms with Crippen molar-refractivity contribution in [2.24, 2.45) is 10.9 Å². The number of hydrogen-bond donors (Lipinski definition) is 3. The average molecular weight is 266 g/mol. The van der Waals surface area contributed by atoms with Gasteiger partial charge < -0.3 is 15.9 Å². The van der Waals surface area contributed by atoms with Crippen molar-refractivity contribution in [3.05, 3.63) is 12.7 Å². The van der Waals surface area contributed by atoms with E-state index in [2.05, 4.69) is 25.1 Å². The molecular weight excluding hydrogens is 252 g/mol. The lowest BCUT2D eigenvalue weighted by molar-refractivity contribution is 0.316. The van der Waals surface area contributed by atoms with Crippen LogP contribution in [0.4, 0.5) is 0 Å². The molecule has 0 fully saturated rings. The molecule has 2 aromatic heterocycles. The number of aromatic amines is 1. The number of nitrogens with one attached hydrogen (secondary N) is 1. The van der Waals surface area contributed by atoms with Crippen molar-refractivity contribution in [3.63, 3.8) is 0 Å². The Labute approximate surface area is 108 Å². The summed E-state index contributed by atoms with van der Waals surface area (Å²) < 4.78 is 0. The number of H-pyrrole nitrogens is 1. The zero-order chi connectivity index (χ0) is 12.8. The predicted molar refractivity (Wildman–Crippen MR) is 69.7 cm³/mol. The third-order valence-electron chi connectivity index (χ3n) is 2.38. The first-order chi connectivity index (χ1) is 8.81. The van der Waals surface area contributed by atoms with Crippen LogP contribution in [0, 0.1) is 0 Å². The van der Waals surface area contributed by atoms with Crippen LogP contribution in [0.25, 0.3) is 11.2 Å². The molecule has 0 saturated heterocycles. The van der Waals surface area contributed by atoms with Crippen LogP contribution >= 0.6 is 11.8 Å². The van der Waals surface area contributed by atoms with E-state index >= 15 is 0 Å². The highest BCUT2D eigenvalue weighted by Crippen LogP contribution is 2.22. The van der Waals surface area contributed by atoms with E-state index in [0.29, 0.717) is 12.1 Å². The fourth-order valence-corrected chi connectivity index (χ4v) is 2.44. The minimum atomic E-state index is 0.276. The molecule has 0 aliphatic rings. The molecule has 0 saturated carbocycles. The third-order valence-corrected chi connectivity index (χ3v) is 3.46. The van der Waals surface area contributed by atoms with Gasteiger partial charge in [0.1, 0.15) is 22.7 Å². The molecule has 0 spiro atoms. The molecule has 0 unspecified atom stereocenters. The lowest BCUT2D eigenvalue weighted by Crippen LogP contribution is -2.10. The lowest BCUT2D eigenvalue weighted by atomic mass is 10.2. The minimum Gasteiger partial charge on any atom is -0.409 e. The Morgan fingerprint density at radius 2 is 2.28 bits per heavy atom. The first kappa shape index (κ1) is 12.6. The molecule has 2 rings (SSSR count). The second-order valence-corrected chi connectivity index (χ2v) is 4.76. The van der Waals surface area contributed by atoms with Gasteiger partial charge in [-0.1, -0.05) is 5.16 Å². The van der Waals surface area contributed by atoms with Gasteiger partial charge in [0.05, 0.1) is 6.33 Å². The van der Waals surface area contributed by atoms with Crippen molar-refractivity contribution in [1.82, 2.24) is 19.9 Å². The maximum absolute atomic E-state index is 8.39. The Morgan fingerprint density at radius 3 is 3.11 bits per heavy atom. The molecule has 2 aromatic rings. The molecule has 0 radical (unpaired) electrons. The van der Waals surface area contributed by atoms with Gasteiger partial charge >= 0.3 is 0 Å². The molecule has 4 N–H and O–H groups in total. The highest BCUT2D eigenvalue weighted by Gasteiger charge is 2.05. The summed E-state index contributed by atoms with van der Waals surface area (Å²) in [4.78, 5) is 15.4. The van der Waals surface area contributed by atoms with Gasteiger partial charge in [-0.25, -0.2) is 15.0 Å². The quantitative estimate of drug-likeness (QED) is 0.138. The molecule has 0 aliphatic heterocycles. The van der Waals surface area contributed by atoms with E-state index in [4.69, 9.17) is 10.9 Å². The Bertz CT molecular complexity index is 540. The van der Waals surface area contributed by atoms with Crippen molar-refractivity contribution in [2.75, 3.05) is 5.75 Å². The second kappa shape index (κ2) is 6.20. The van der Waals surface area contributed by atoms with E-state index in [1.54, 1.807) is 18.1 Å². The van der Waals surface area contributed by atoms with E-state index in [1.165, 1.54) is 6.33 Å². The van der Waals surface area contributed by atoms with Gasteiger partial charge in [-0.3, -0.25) is 0 Å². The number of hydrogen-bond acceptors (Lipinski definition) is 6. The van der Waals surface area contributed by atoms with E-state index in [9.17, 15) is 0 Å². The standard InChI is InChI=1S/C10H14N6OS/c11-7(16-17)3-1-2-4-18-10-8-9(13-5-12-8)14-6-15-10/h5-6,17H,1-4H2,(H2,11,16)(H,12,13,14,15). The van der Waals surface area contributed by atoms with Crippen LogP contribution in [0.3, 0.4) is 0 Å². The summed E-state index contributed by atoms with van der Waals surface area (Å²) in [6, 6.07) is 0. The van der Waals surface area contributed by atoms with Crippen LogP contribution in [0.15, 0.2) is 22.8 Å². The zero-order valence-electron chi connectivity index (χ0n) is 9.70. The van der Waals surface area contributed by atoms with Crippen LogP contribution < -0.4 is 5.73 Å². The summed E-state index contributed by atoms with van der Waals surface area (Å²) in [6.45, 7) is 0. The third kappa shape index (κ3) is 3.10. The van der Waals surface area contributed by atoms with Crippen molar-refractivity contribution in [3.8, 4) is 0 Å². The van der Waals surface area contributed by atoms with Crippen LogP contribution in [0.5, 0.6) is 0 Å². The van der Waals surface area contributed by atoms with E-state index in [1.807, 2.05) is 0 Å². The molecule has 0 aliphatic carbocycles. The largest absolute Gasteiger partial charge is 0.409 e. The number of aromatic nitrogens is 4. The van der Waals surface area contributed by atoms with Crippen LogP contribution in [-0.2, 0) is 0 Å². The number of nitrogens with two attached hydrogens (primary N) is 1. The molecule has 96 valence electrons. The smallest absolute Gasteiger partial charge is 0.181 e. The van der Waals surface area contributed by atoms with E-state index in [-0.39, 0.29) is 5.84 Å². The zero-order valence-corrected chi connectivity index (χ0v) is 10.5. The van der Waals surface area contributed by atoms with Gasteiger partial charge in [-0.15, -0.1) is 11.8 Å². The topological polar surface area (TPSA) is 113 Å². The van der Waals surface area contributed by atoms with Crippen molar-refractivity contribution in [1.29, 1.82) is 0 Å². The van der Waals surface area contributed by atoms with E-state index in [0.717, 1.165) is 29.1 Å². The van der Waals surface area contributed by atoms with Crippen molar-refractivity contribution < 1.29 is 5.21 Å². The Kier molecular flexibility index (Phi) is 4.35. The maximum atomic E-state index is 8.39. The number of amidine groups is 1. The van der Waals surface area contributed by atoms with Gasteiger partial charge in [-0.2, -0.15) is 0 Å². The number of oxime groups is 1. The summed E-state index contributed by atoms with van der Waals surface area (Å²) in [7, 11) is 0.